The van der Waals surface area contributed by atoms with Crippen molar-refractivity contribution in [2.75, 3.05) is 5.32 Å². The number of carbonyl (C=O) groups is 1. The maximum Gasteiger partial charge on any atom is 0.283 e. The first-order chi connectivity index (χ1) is 9.65. The van der Waals surface area contributed by atoms with Gasteiger partial charge < -0.3 is 10.6 Å². The number of anilines is 1. The Morgan fingerprint density at radius 2 is 1.85 bits per heavy atom. The van der Waals surface area contributed by atoms with Gasteiger partial charge in [-0.3, -0.25) is 4.79 Å². The van der Waals surface area contributed by atoms with Crippen LogP contribution in [0, 0.1) is 5.82 Å². The van der Waals surface area contributed by atoms with E-state index in [-0.39, 0.29) is 4.99 Å². The average Bonchev–Trinajstić information content (AvgIpc) is 2.46. The van der Waals surface area contributed by atoms with Crippen LogP contribution in [0.2, 0.25) is 0 Å². The summed E-state index contributed by atoms with van der Waals surface area (Å²) < 4.78 is 13.0. The number of hydrogen-bond donors (Lipinski definition) is 2. The van der Waals surface area contributed by atoms with Crippen LogP contribution in [0.15, 0.2) is 54.6 Å². The summed E-state index contributed by atoms with van der Waals surface area (Å²) in [6.07, 6.45) is 0. The highest BCUT2D eigenvalue weighted by Gasteiger charge is 2.09. The highest BCUT2D eigenvalue weighted by Crippen LogP contribution is 2.08. The second kappa shape index (κ2) is 6.77. The molecular formula is C15H13FN2OS. The molecule has 0 aromatic heterocycles. The summed E-state index contributed by atoms with van der Waals surface area (Å²) in [5.41, 5.74) is 1.40. The molecular weight excluding hydrogens is 275 g/mol. The maximum absolute atomic E-state index is 13.0. The second-order valence-corrected chi connectivity index (χ2v) is 4.54. The van der Waals surface area contributed by atoms with E-state index >= 15 is 0 Å². The van der Waals surface area contributed by atoms with Crippen LogP contribution in [-0.2, 0) is 11.3 Å². The number of halogens is 1. The standard InChI is InChI=1S/C15H13FN2OS/c16-12-7-4-8-13(9-12)18-14(19)15(20)17-10-11-5-2-1-3-6-11/h1-9H,10H2,(H,17,20)(H,18,19). The molecule has 2 aromatic rings. The lowest BCUT2D eigenvalue weighted by molar-refractivity contribution is -0.110. The van der Waals surface area contributed by atoms with E-state index in [1.54, 1.807) is 6.07 Å². The minimum atomic E-state index is -0.457. The molecule has 0 atom stereocenters. The summed E-state index contributed by atoms with van der Waals surface area (Å²) in [6, 6.07) is 15.3. The smallest absolute Gasteiger partial charge is 0.283 e. The fourth-order valence-corrected chi connectivity index (χ4v) is 1.74. The molecule has 0 saturated heterocycles. The number of thiocarbonyl (C=S) groups is 1. The van der Waals surface area contributed by atoms with Crippen LogP contribution in [0.25, 0.3) is 0 Å². The van der Waals surface area contributed by atoms with Gasteiger partial charge in [0, 0.05) is 12.2 Å². The van der Waals surface area contributed by atoms with E-state index in [0.29, 0.717) is 12.2 Å². The molecule has 5 heteroatoms. The lowest BCUT2D eigenvalue weighted by Gasteiger charge is -2.09. The van der Waals surface area contributed by atoms with E-state index in [4.69, 9.17) is 12.2 Å². The Morgan fingerprint density at radius 3 is 2.55 bits per heavy atom. The van der Waals surface area contributed by atoms with Gasteiger partial charge in [-0.1, -0.05) is 48.6 Å². The molecule has 0 aliphatic heterocycles. The van der Waals surface area contributed by atoms with Gasteiger partial charge in [-0.15, -0.1) is 0 Å². The number of rotatable bonds is 3. The van der Waals surface area contributed by atoms with Gasteiger partial charge in [-0.05, 0) is 23.8 Å². The molecule has 2 rings (SSSR count). The zero-order valence-electron chi connectivity index (χ0n) is 10.6. The van der Waals surface area contributed by atoms with Gasteiger partial charge in [0.05, 0.1) is 0 Å². The first kappa shape index (κ1) is 14.1. The fraction of sp³-hybridized carbons (Fsp3) is 0.0667. The normalized spacial score (nSPS) is 9.85. The number of benzene rings is 2. The van der Waals surface area contributed by atoms with Gasteiger partial charge in [0.2, 0.25) is 0 Å². The van der Waals surface area contributed by atoms with Gasteiger partial charge >= 0.3 is 0 Å². The summed E-state index contributed by atoms with van der Waals surface area (Å²) in [5, 5.41) is 5.40. The van der Waals surface area contributed by atoms with Crippen molar-refractivity contribution in [2.45, 2.75) is 6.54 Å². The van der Waals surface area contributed by atoms with Crippen molar-refractivity contribution in [3.63, 3.8) is 0 Å². The third-order valence-corrected chi connectivity index (χ3v) is 2.91. The van der Waals surface area contributed by atoms with Crippen molar-refractivity contribution in [3.8, 4) is 0 Å². The molecule has 0 heterocycles. The number of nitrogens with one attached hydrogen (secondary N) is 2. The van der Waals surface area contributed by atoms with Crippen molar-refractivity contribution >= 4 is 28.8 Å². The third kappa shape index (κ3) is 4.13. The molecule has 0 saturated carbocycles. The Kier molecular flexibility index (Phi) is 4.79. The molecule has 0 bridgehead atoms. The molecule has 102 valence electrons. The van der Waals surface area contributed by atoms with Crippen LogP contribution in [-0.4, -0.2) is 10.9 Å². The van der Waals surface area contributed by atoms with Crippen LogP contribution in [0.3, 0.4) is 0 Å². The molecule has 0 radical (unpaired) electrons. The molecule has 3 nitrogen and oxygen atoms in total. The van der Waals surface area contributed by atoms with Crippen LogP contribution in [0.1, 0.15) is 5.56 Å². The maximum atomic E-state index is 13.0. The van der Waals surface area contributed by atoms with Crippen LogP contribution >= 0.6 is 12.2 Å². The lowest BCUT2D eigenvalue weighted by Crippen LogP contribution is -2.33. The van der Waals surface area contributed by atoms with Crippen molar-refractivity contribution in [1.29, 1.82) is 0 Å². The Bertz CT molecular complexity index is 616. The largest absolute Gasteiger partial charge is 0.368 e. The summed E-state index contributed by atoms with van der Waals surface area (Å²) in [6.45, 7) is 0.468. The molecule has 2 N–H and O–H groups in total. The Hall–Kier alpha value is -2.27. The highest BCUT2D eigenvalue weighted by atomic mass is 32.1. The van der Waals surface area contributed by atoms with Crippen LogP contribution in [0.4, 0.5) is 10.1 Å². The topological polar surface area (TPSA) is 41.1 Å². The molecule has 0 spiro atoms. The van der Waals surface area contributed by atoms with Gasteiger partial charge in [-0.2, -0.15) is 0 Å². The zero-order valence-corrected chi connectivity index (χ0v) is 11.4. The van der Waals surface area contributed by atoms with Crippen molar-refractivity contribution in [3.05, 3.63) is 66.0 Å². The number of carbonyl (C=O) groups excluding carboxylic acids is 1. The predicted octanol–water partition coefficient (Wildman–Crippen LogP) is 2.88. The van der Waals surface area contributed by atoms with Crippen molar-refractivity contribution < 1.29 is 9.18 Å². The lowest BCUT2D eigenvalue weighted by atomic mass is 10.2. The molecule has 20 heavy (non-hydrogen) atoms. The van der Waals surface area contributed by atoms with Gasteiger partial charge in [-0.25, -0.2) is 4.39 Å². The Labute approximate surface area is 121 Å². The molecule has 0 fully saturated rings. The van der Waals surface area contributed by atoms with Crippen molar-refractivity contribution in [1.82, 2.24) is 5.32 Å². The first-order valence-corrected chi connectivity index (χ1v) is 6.44. The summed E-state index contributed by atoms with van der Waals surface area (Å²) in [4.78, 5) is 11.9. The van der Waals surface area contributed by atoms with Gasteiger partial charge in [0.1, 0.15) is 5.82 Å². The SMILES string of the molecule is O=C(Nc1cccc(F)c1)C(=S)NCc1ccccc1. The van der Waals surface area contributed by atoms with Crippen LogP contribution < -0.4 is 10.6 Å². The summed E-state index contributed by atoms with van der Waals surface area (Å²) in [7, 11) is 0. The van der Waals surface area contributed by atoms with E-state index in [2.05, 4.69) is 10.6 Å². The molecule has 1 amide bonds. The highest BCUT2D eigenvalue weighted by molar-refractivity contribution is 7.82. The second-order valence-electron chi connectivity index (χ2n) is 4.13. The molecule has 0 aliphatic carbocycles. The van der Waals surface area contributed by atoms with E-state index < -0.39 is 11.7 Å². The molecule has 0 aliphatic rings. The molecule has 2 aromatic carbocycles. The minimum Gasteiger partial charge on any atom is -0.368 e. The summed E-state index contributed by atoms with van der Waals surface area (Å²) in [5.74, 6) is -0.868. The van der Waals surface area contributed by atoms with E-state index in [1.165, 1.54) is 18.2 Å². The predicted molar refractivity (Wildman–Crippen MR) is 80.9 cm³/mol. The fourth-order valence-electron chi connectivity index (χ4n) is 1.61. The first-order valence-electron chi connectivity index (χ1n) is 6.04. The monoisotopic (exact) mass is 288 g/mol. The van der Waals surface area contributed by atoms with E-state index in [1.807, 2.05) is 30.3 Å². The summed E-state index contributed by atoms with van der Waals surface area (Å²) >= 11 is 4.99. The Balaban J connectivity index is 1.88. The van der Waals surface area contributed by atoms with Gasteiger partial charge in [0.15, 0.2) is 4.99 Å². The van der Waals surface area contributed by atoms with E-state index in [9.17, 15) is 9.18 Å². The third-order valence-electron chi connectivity index (χ3n) is 2.58. The van der Waals surface area contributed by atoms with Gasteiger partial charge in [0.25, 0.3) is 5.91 Å². The number of hydrogen-bond acceptors (Lipinski definition) is 2. The Morgan fingerprint density at radius 1 is 1.10 bits per heavy atom. The zero-order chi connectivity index (χ0) is 14.4. The minimum absolute atomic E-state index is 0.0677. The quantitative estimate of drug-likeness (QED) is 0.853. The molecule has 0 unspecified atom stereocenters. The average molecular weight is 288 g/mol. The number of amides is 1. The van der Waals surface area contributed by atoms with Crippen LogP contribution in [0.5, 0.6) is 0 Å². The van der Waals surface area contributed by atoms with Crippen molar-refractivity contribution in [2.24, 2.45) is 0 Å². The van der Waals surface area contributed by atoms with E-state index in [0.717, 1.165) is 5.56 Å².